The summed E-state index contributed by atoms with van der Waals surface area (Å²) < 4.78 is 16.0. The maximum absolute atomic E-state index is 14.7. The van der Waals surface area contributed by atoms with Crippen LogP contribution < -0.4 is 22.3 Å². The molecule has 1 saturated carbocycles. The minimum absolute atomic E-state index is 0.00482. The van der Waals surface area contributed by atoms with E-state index in [1.165, 1.54) is 16.7 Å². The number of fused-ring (bicyclic) bond motifs is 1. The zero-order valence-electron chi connectivity index (χ0n) is 16.3. The van der Waals surface area contributed by atoms with E-state index in [9.17, 15) is 9.18 Å². The van der Waals surface area contributed by atoms with Gasteiger partial charge in [0, 0.05) is 12.3 Å². The van der Waals surface area contributed by atoms with Gasteiger partial charge in [0.25, 0.3) is 5.56 Å². The largest absolute Gasteiger partial charge is 0.382 e. The number of hydrogen-bond acceptors (Lipinski definition) is 8. The van der Waals surface area contributed by atoms with E-state index in [-0.39, 0.29) is 56.1 Å². The van der Waals surface area contributed by atoms with Crippen LogP contribution in [-0.2, 0) is 0 Å². The molecule has 1 unspecified atom stereocenters. The van der Waals surface area contributed by atoms with Gasteiger partial charge in [0.05, 0.1) is 16.5 Å². The number of nitrogens with two attached hydrogens (primary N) is 2. The SMILES string of the molecule is Nc1nc(N)c(Cl)c(NC(c2nc3c(F)ccc(Cl)c3c(=O)n2-c2cc[nH]n2)C2CC2)n1. The van der Waals surface area contributed by atoms with Crippen molar-refractivity contribution in [3.8, 4) is 5.82 Å². The minimum atomic E-state index is -0.667. The summed E-state index contributed by atoms with van der Waals surface area (Å²) in [5.41, 5.74) is 10.9. The molecular weight excluding hydrogens is 460 g/mol. The monoisotopic (exact) mass is 475 g/mol. The summed E-state index contributed by atoms with van der Waals surface area (Å²) in [4.78, 5) is 26.0. The van der Waals surface area contributed by atoms with Gasteiger partial charge in [0.1, 0.15) is 28.0 Å². The standard InChI is InChI=1S/C19H16Cl2FN9O/c20-8-3-4-9(22)14-11(8)18(32)31(10-5-6-25-30-10)17(27-14)13(7-1-2-7)26-16-12(21)15(23)28-19(24)29-16/h3-7,13H,1-2H2,(H,25,30)(H5,23,24,26,28,29). The van der Waals surface area contributed by atoms with E-state index in [0.29, 0.717) is 0 Å². The lowest BCUT2D eigenvalue weighted by molar-refractivity contribution is 0.597. The second kappa shape index (κ2) is 7.61. The number of hydrogen-bond donors (Lipinski definition) is 4. The Balaban J connectivity index is 1.77. The third-order valence-corrected chi connectivity index (χ3v) is 5.91. The number of H-pyrrole nitrogens is 1. The first-order valence-electron chi connectivity index (χ1n) is 9.61. The molecule has 1 aliphatic rings. The number of aromatic amines is 1. The van der Waals surface area contributed by atoms with Crippen LogP contribution in [0.1, 0.15) is 24.7 Å². The molecule has 0 saturated heterocycles. The van der Waals surface area contributed by atoms with Gasteiger partial charge in [-0.1, -0.05) is 23.2 Å². The lowest BCUT2D eigenvalue weighted by atomic mass is 10.1. The average molecular weight is 476 g/mol. The highest BCUT2D eigenvalue weighted by atomic mass is 35.5. The van der Waals surface area contributed by atoms with Gasteiger partial charge >= 0.3 is 0 Å². The smallest absolute Gasteiger partial charge is 0.268 e. The van der Waals surface area contributed by atoms with Crippen molar-refractivity contribution < 1.29 is 4.39 Å². The zero-order valence-corrected chi connectivity index (χ0v) is 17.8. The molecule has 6 N–H and O–H groups in total. The molecule has 0 spiro atoms. The Morgan fingerprint density at radius 1 is 1.19 bits per heavy atom. The molecule has 1 atom stereocenters. The van der Waals surface area contributed by atoms with Gasteiger partial charge in [-0.25, -0.2) is 13.9 Å². The Hall–Kier alpha value is -3.44. The van der Waals surface area contributed by atoms with Crippen molar-refractivity contribution in [2.75, 3.05) is 16.8 Å². The molecule has 10 nitrogen and oxygen atoms in total. The van der Waals surface area contributed by atoms with Crippen LogP contribution in [0.15, 0.2) is 29.2 Å². The molecule has 32 heavy (non-hydrogen) atoms. The Morgan fingerprint density at radius 2 is 1.97 bits per heavy atom. The molecule has 13 heteroatoms. The molecule has 4 aromatic rings. The van der Waals surface area contributed by atoms with Crippen LogP contribution in [0, 0.1) is 11.7 Å². The Bertz CT molecular complexity index is 1400. The van der Waals surface area contributed by atoms with Gasteiger partial charge < -0.3 is 16.8 Å². The molecule has 1 aromatic carbocycles. The molecule has 1 aliphatic carbocycles. The van der Waals surface area contributed by atoms with Crippen molar-refractivity contribution in [1.29, 1.82) is 0 Å². The summed E-state index contributed by atoms with van der Waals surface area (Å²) in [5, 5.41) is 10.1. The maximum Gasteiger partial charge on any atom is 0.268 e. The third kappa shape index (κ3) is 3.39. The number of benzene rings is 1. The van der Waals surface area contributed by atoms with Crippen molar-refractivity contribution in [3.05, 3.63) is 56.4 Å². The van der Waals surface area contributed by atoms with Crippen molar-refractivity contribution >= 4 is 51.7 Å². The normalized spacial score (nSPS) is 14.6. The highest BCUT2D eigenvalue weighted by molar-refractivity contribution is 6.35. The summed E-state index contributed by atoms with van der Waals surface area (Å²) in [6.45, 7) is 0. The molecule has 5 rings (SSSR count). The summed E-state index contributed by atoms with van der Waals surface area (Å²) in [7, 11) is 0. The molecule has 164 valence electrons. The summed E-state index contributed by atoms with van der Waals surface area (Å²) in [5.74, 6) is 0.0246. The van der Waals surface area contributed by atoms with Crippen LogP contribution in [0.5, 0.6) is 0 Å². The van der Waals surface area contributed by atoms with E-state index in [2.05, 4.69) is 30.5 Å². The number of nitrogens with zero attached hydrogens (tertiary/aromatic N) is 5. The maximum atomic E-state index is 14.7. The van der Waals surface area contributed by atoms with E-state index >= 15 is 0 Å². The molecule has 0 radical (unpaired) electrons. The first kappa shape index (κ1) is 20.5. The fourth-order valence-corrected chi connectivity index (χ4v) is 3.96. The van der Waals surface area contributed by atoms with Crippen LogP contribution in [0.2, 0.25) is 10.0 Å². The summed E-state index contributed by atoms with van der Waals surface area (Å²) in [6, 6.07) is 3.51. The highest BCUT2D eigenvalue weighted by Gasteiger charge is 2.37. The molecule has 3 heterocycles. The Labute approximate surface area is 189 Å². The molecule has 0 aliphatic heterocycles. The third-order valence-electron chi connectivity index (χ3n) is 5.22. The number of anilines is 3. The number of halogens is 3. The fraction of sp³-hybridized carbons (Fsp3) is 0.211. The average Bonchev–Trinajstić information content (AvgIpc) is 3.45. The van der Waals surface area contributed by atoms with Gasteiger partial charge in [-0.2, -0.15) is 15.1 Å². The quantitative estimate of drug-likeness (QED) is 0.343. The Morgan fingerprint density at radius 3 is 2.66 bits per heavy atom. The first-order valence-corrected chi connectivity index (χ1v) is 10.4. The van der Waals surface area contributed by atoms with Crippen LogP contribution in [-0.4, -0.2) is 29.7 Å². The van der Waals surface area contributed by atoms with Crippen molar-refractivity contribution in [3.63, 3.8) is 0 Å². The predicted molar refractivity (Wildman–Crippen MR) is 119 cm³/mol. The minimum Gasteiger partial charge on any atom is -0.382 e. The van der Waals surface area contributed by atoms with Gasteiger partial charge in [0.15, 0.2) is 11.6 Å². The van der Waals surface area contributed by atoms with E-state index in [0.717, 1.165) is 12.8 Å². The molecule has 0 amide bonds. The fourth-order valence-electron chi connectivity index (χ4n) is 3.59. The summed E-state index contributed by atoms with van der Waals surface area (Å²) in [6.07, 6.45) is 3.25. The number of rotatable bonds is 5. The Kier molecular flexibility index (Phi) is 4.86. The first-order chi connectivity index (χ1) is 15.3. The highest BCUT2D eigenvalue weighted by Crippen LogP contribution is 2.44. The second-order valence-electron chi connectivity index (χ2n) is 7.38. The number of aromatic nitrogens is 6. The van der Waals surface area contributed by atoms with Crippen LogP contribution >= 0.6 is 23.2 Å². The molecule has 0 bridgehead atoms. The van der Waals surface area contributed by atoms with E-state index < -0.39 is 17.4 Å². The van der Waals surface area contributed by atoms with Gasteiger partial charge in [-0.15, -0.1) is 0 Å². The van der Waals surface area contributed by atoms with Crippen molar-refractivity contribution in [1.82, 2.24) is 29.7 Å². The number of nitrogen functional groups attached to an aromatic ring is 2. The zero-order chi connectivity index (χ0) is 22.6. The lowest BCUT2D eigenvalue weighted by Crippen LogP contribution is -2.30. The number of nitrogens with one attached hydrogen (secondary N) is 2. The predicted octanol–water partition coefficient (Wildman–Crippen LogP) is 3.07. The van der Waals surface area contributed by atoms with Gasteiger partial charge in [0.2, 0.25) is 5.95 Å². The summed E-state index contributed by atoms with van der Waals surface area (Å²) >= 11 is 12.5. The van der Waals surface area contributed by atoms with Crippen molar-refractivity contribution in [2.24, 2.45) is 5.92 Å². The topological polar surface area (TPSA) is 153 Å². The van der Waals surface area contributed by atoms with E-state index in [1.54, 1.807) is 12.3 Å². The van der Waals surface area contributed by atoms with E-state index in [1.807, 2.05) is 0 Å². The lowest BCUT2D eigenvalue weighted by Gasteiger charge is -2.23. The second-order valence-corrected chi connectivity index (χ2v) is 8.17. The van der Waals surface area contributed by atoms with E-state index in [4.69, 9.17) is 34.7 Å². The van der Waals surface area contributed by atoms with Crippen LogP contribution in [0.4, 0.5) is 22.0 Å². The molecule has 1 fully saturated rings. The molecular formula is C19H16Cl2FN9O. The van der Waals surface area contributed by atoms with Gasteiger partial charge in [-0.05, 0) is 30.9 Å². The van der Waals surface area contributed by atoms with Gasteiger partial charge in [-0.3, -0.25) is 9.89 Å². The van der Waals surface area contributed by atoms with Crippen LogP contribution in [0.3, 0.4) is 0 Å². The molecule has 3 aromatic heterocycles. The van der Waals surface area contributed by atoms with Crippen LogP contribution in [0.25, 0.3) is 16.7 Å². The van der Waals surface area contributed by atoms with Crippen molar-refractivity contribution in [2.45, 2.75) is 18.9 Å².